The first-order chi connectivity index (χ1) is 6.27. The molecule has 70 valence electrons. The van der Waals surface area contributed by atoms with Gasteiger partial charge in [-0.3, -0.25) is 0 Å². The van der Waals surface area contributed by atoms with Crippen molar-refractivity contribution >= 4 is 17.7 Å². The number of hydrogen-bond acceptors (Lipinski definition) is 2. The maximum atomic E-state index is 8.58. The average molecular weight is 199 g/mol. The van der Waals surface area contributed by atoms with Crippen LogP contribution in [0.2, 0.25) is 5.02 Å². The summed E-state index contributed by atoms with van der Waals surface area (Å²) in [5, 5.41) is 9.19. The van der Waals surface area contributed by atoms with Gasteiger partial charge in [0.15, 0.2) is 0 Å². The highest BCUT2D eigenvalue weighted by Crippen LogP contribution is 2.23. The molecule has 0 bridgehead atoms. The lowest BCUT2D eigenvalue weighted by Gasteiger charge is -2.07. The molecule has 0 aliphatic heterocycles. The molecule has 0 unspecified atom stereocenters. The van der Waals surface area contributed by atoms with Crippen molar-refractivity contribution in [1.82, 2.24) is 0 Å². The zero-order chi connectivity index (χ0) is 9.68. The van der Waals surface area contributed by atoms with Gasteiger partial charge < -0.3 is 9.84 Å². The molecule has 0 aliphatic rings. The maximum Gasteiger partial charge on any atom is 0.128 e. The second kappa shape index (κ2) is 4.90. The number of rotatable bonds is 4. The number of ether oxygens (including phenoxy) is 1. The molecule has 2 nitrogen and oxygen atoms in total. The Kier molecular flexibility index (Phi) is 3.80. The second-order valence-corrected chi connectivity index (χ2v) is 2.89. The summed E-state index contributed by atoms with van der Waals surface area (Å²) < 4.78 is 5.25. The summed E-state index contributed by atoms with van der Waals surface area (Å²) in [7, 11) is 0. The van der Waals surface area contributed by atoms with Gasteiger partial charge in [0, 0.05) is 10.6 Å². The molecule has 1 aromatic rings. The van der Waals surface area contributed by atoms with E-state index >= 15 is 0 Å². The van der Waals surface area contributed by atoms with Crippen LogP contribution in [-0.4, -0.2) is 18.3 Å². The Morgan fingerprint density at radius 3 is 2.92 bits per heavy atom. The van der Waals surface area contributed by atoms with Crippen LogP contribution >= 0.6 is 11.6 Å². The molecule has 0 saturated heterocycles. The number of aliphatic hydroxyl groups is 1. The van der Waals surface area contributed by atoms with Gasteiger partial charge in [-0.15, -0.1) is 0 Å². The Labute approximate surface area is 82.4 Å². The zero-order valence-corrected chi connectivity index (χ0v) is 7.92. The number of aliphatic hydroxyl groups excluding tert-OH is 1. The fourth-order valence-corrected chi connectivity index (χ4v) is 1.12. The Bertz CT molecular complexity index is 297. The van der Waals surface area contributed by atoms with E-state index in [1.54, 1.807) is 18.2 Å². The van der Waals surface area contributed by atoms with Crippen molar-refractivity contribution in [2.24, 2.45) is 0 Å². The minimum absolute atomic E-state index is 0.0108. The lowest BCUT2D eigenvalue weighted by molar-refractivity contribution is 0.201. The summed E-state index contributed by atoms with van der Waals surface area (Å²) in [6, 6.07) is 5.29. The SMILES string of the molecule is C=Cc1ccc(Cl)cc1OCCO. The molecule has 13 heavy (non-hydrogen) atoms. The summed E-state index contributed by atoms with van der Waals surface area (Å²) in [6.07, 6.45) is 1.68. The fourth-order valence-electron chi connectivity index (χ4n) is 0.957. The predicted molar refractivity (Wildman–Crippen MR) is 54.1 cm³/mol. The monoisotopic (exact) mass is 198 g/mol. The molecule has 0 amide bonds. The Balaban J connectivity index is 2.87. The summed E-state index contributed by atoms with van der Waals surface area (Å²) in [5.74, 6) is 0.650. The molecule has 0 aromatic heterocycles. The third-order valence-electron chi connectivity index (χ3n) is 1.54. The molecule has 0 heterocycles. The molecule has 0 radical (unpaired) electrons. The van der Waals surface area contributed by atoms with E-state index in [0.717, 1.165) is 5.56 Å². The van der Waals surface area contributed by atoms with Crippen LogP contribution in [0, 0.1) is 0 Å². The lowest BCUT2D eigenvalue weighted by atomic mass is 10.2. The van der Waals surface area contributed by atoms with E-state index in [-0.39, 0.29) is 13.2 Å². The topological polar surface area (TPSA) is 29.5 Å². The van der Waals surface area contributed by atoms with E-state index in [4.69, 9.17) is 21.4 Å². The third kappa shape index (κ3) is 2.76. The van der Waals surface area contributed by atoms with Crippen molar-refractivity contribution in [2.75, 3.05) is 13.2 Å². The molecule has 3 heteroatoms. The Hall–Kier alpha value is -0.990. The highest BCUT2D eigenvalue weighted by atomic mass is 35.5. The van der Waals surface area contributed by atoms with Gasteiger partial charge in [0.1, 0.15) is 12.4 Å². The van der Waals surface area contributed by atoms with Gasteiger partial charge >= 0.3 is 0 Å². The highest BCUT2D eigenvalue weighted by Gasteiger charge is 2.00. The van der Waals surface area contributed by atoms with E-state index in [2.05, 4.69) is 6.58 Å². The molecule has 1 aromatic carbocycles. The van der Waals surface area contributed by atoms with Crippen LogP contribution in [0.25, 0.3) is 6.08 Å². The predicted octanol–water partition coefficient (Wildman–Crippen LogP) is 2.35. The van der Waals surface area contributed by atoms with Crippen molar-refractivity contribution in [3.63, 3.8) is 0 Å². The van der Waals surface area contributed by atoms with Gasteiger partial charge in [-0.05, 0) is 18.2 Å². The molecule has 0 saturated carbocycles. The molecular formula is C10H11ClO2. The first-order valence-corrected chi connectivity index (χ1v) is 4.31. The third-order valence-corrected chi connectivity index (χ3v) is 1.78. The Morgan fingerprint density at radius 1 is 1.54 bits per heavy atom. The minimum Gasteiger partial charge on any atom is -0.491 e. The second-order valence-electron chi connectivity index (χ2n) is 2.46. The lowest BCUT2D eigenvalue weighted by Crippen LogP contribution is -2.02. The summed E-state index contributed by atoms with van der Waals surface area (Å²) >= 11 is 5.78. The molecule has 0 spiro atoms. The summed E-state index contributed by atoms with van der Waals surface area (Å²) in [5.41, 5.74) is 0.873. The van der Waals surface area contributed by atoms with Crippen LogP contribution in [0.1, 0.15) is 5.56 Å². The maximum absolute atomic E-state index is 8.58. The van der Waals surface area contributed by atoms with Gasteiger partial charge in [-0.25, -0.2) is 0 Å². The largest absolute Gasteiger partial charge is 0.491 e. The van der Waals surface area contributed by atoms with Gasteiger partial charge in [-0.2, -0.15) is 0 Å². The van der Waals surface area contributed by atoms with E-state index in [0.29, 0.717) is 10.8 Å². The summed E-state index contributed by atoms with van der Waals surface area (Å²) in [6.45, 7) is 3.90. The van der Waals surface area contributed by atoms with Crippen LogP contribution in [0.5, 0.6) is 5.75 Å². The molecule has 1 rings (SSSR count). The van der Waals surface area contributed by atoms with Gasteiger partial charge in [0.2, 0.25) is 0 Å². The van der Waals surface area contributed by atoms with Gasteiger partial charge in [0.05, 0.1) is 6.61 Å². The number of hydrogen-bond donors (Lipinski definition) is 1. The van der Waals surface area contributed by atoms with Crippen LogP contribution in [0.15, 0.2) is 24.8 Å². The van der Waals surface area contributed by atoms with Crippen LogP contribution in [-0.2, 0) is 0 Å². The quantitative estimate of drug-likeness (QED) is 0.805. The van der Waals surface area contributed by atoms with Crippen molar-refractivity contribution in [3.05, 3.63) is 35.4 Å². The van der Waals surface area contributed by atoms with Crippen LogP contribution < -0.4 is 4.74 Å². The molecule has 1 N–H and O–H groups in total. The van der Waals surface area contributed by atoms with Crippen LogP contribution in [0.3, 0.4) is 0 Å². The first-order valence-electron chi connectivity index (χ1n) is 3.93. The van der Waals surface area contributed by atoms with Crippen molar-refractivity contribution in [2.45, 2.75) is 0 Å². The smallest absolute Gasteiger partial charge is 0.128 e. The number of benzene rings is 1. The van der Waals surface area contributed by atoms with E-state index in [1.807, 2.05) is 6.07 Å². The van der Waals surface area contributed by atoms with E-state index < -0.39 is 0 Å². The van der Waals surface area contributed by atoms with Crippen molar-refractivity contribution < 1.29 is 9.84 Å². The minimum atomic E-state index is -0.0108. The van der Waals surface area contributed by atoms with E-state index in [1.165, 1.54) is 0 Å². The Morgan fingerprint density at radius 2 is 2.31 bits per heavy atom. The zero-order valence-electron chi connectivity index (χ0n) is 7.16. The van der Waals surface area contributed by atoms with Crippen molar-refractivity contribution in [1.29, 1.82) is 0 Å². The molecule has 0 fully saturated rings. The number of halogens is 1. The average Bonchev–Trinajstić information content (AvgIpc) is 2.15. The molecule has 0 aliphatic carbocycles. The normalized spacial score (nSPS) is 9.69. The molecular weight excluding hydrogens is 188 g/mol. The van der Waals surface area contributed by atoms with E-state index in [9.17, 15) is 0 Å². The summed E-state index contributed by atoms with van der Waals surface area (Å²) in [4.78, 5) is 0. The molecule has 0 atom stereocenters. The van der Waals surface area contributed by atoms with Gasteiger partial charge in [-0.1, -0.05) is 24.3 Å². The first kappa shape index (κ1) is 10.1. The standard InChI is InChI=1S/C10H11ClO2/c1-2-8-3-4-9(11)7-10(8)13-6-5-12/h2-4,7,12H,1,5-6H2. The fraction of sp³-hybridized carbons (Fsp3) is 0.200. The van der Waals surface area contributed by atoms with Crippen LogP contribution in [0.4, 0.5) is 0 Å². The van der Waals surface area contributed by atoms with Crippen molar-refractivity contribution in [3.8, 4) is 5.75 Å². The van der Waals surface area contributed by atoms with Gasteiger partial charge in [0.25, 0.3) is 0 Å². The highest BCUT2D eigenvalue weighted by molar-refractivity contribution is 6.30.